The maximum Gasteiger partial charge on any atom is 0.0472 e. The monoisotopic (exact) mass is 284 g/mol. The summed E-state index contributed by atoms with van der Waals surface area (Å²) in [5.74, 6) is 0. The van der Waals surface area contributed by atoms with E-state index < -0.39 is 0 Å². The summed E-state index contributed by atoms with van der Waals surface area (Å²) in [4.78, 5) is 9.07. The molecule has 2 heterocycles. The van der Waals surface area contributed by atoms with Gasteiger partial charge in [0.05, 0.1) is 0 Å². The number of hydrogen-bond acceptors (Lipinski definition) is 4. The highest BCUT2D eigenvalue weighted by atomic mass is 15.2. The van der Waals surface area contributed by atoms with Gasteiger partial charge in [-0.2, -0.15) is 0 Å². The molecule has 0 bridgehead atoms. The Morgan fingerprint density at radius 2 is 2.10 bits per heavy atom. The molecular formula is C17H24N4. The van der Waals surface area contributed by atoms with Crippen molar-refractivity contribution in [3.8, 4) is 0 Å². The Bertz CT molecular complexity index is 607. The molecule has 0 amide bonds. The van der Waals surface area contributed by atoms with Crippen LogP contribution in [-0.4, -0.2) is 54.6 Å². The second-order valence-electron chi connectivity index (χ2n) is 6.13. The topological polar surface area (TPSA) is 45.4 Å². The first-order valence-corrected chi connectivity index (χ1v) is 7.64. The van der Waals surface area contributed by atoms with Gasteiger partial charge in [-0.25, -0.2) is 0 Å². The predicted octanol–water partition coefficient (Wildman–Crippen LogP) is 1.87. The van der Waals surface area contributed by atoms with Gasteiger partial charge in [0, 0.05) is 36.4 Å². The second-order valence-corrected chi connectivity index (χ2v) is 6.13. The lowest BCUT2D eigenvalue weighted by Gasteiger charge is -2.33. The SMILES string of the molecule is CN1CCCN(C)C(C(N)c2cccc3ccncc23)C1. The molecule has 0 radical (unpaired) electrons. The molecule has 2 N–H and O–H groups in total. The molecule has 2 unspecified atom stereocenters. The molecule has 0 saturated carbocycles. The molecule has 0 aliphatic carbocycles. The number of nitrogens with zero attached hydrogens (tertiary/aromatic N) is 3. The third-order valence-corrected chi connectivity index (χ3v) is 4.61. The smallest absolute Gasteiger partial charge is 0.0472 e. The van der Waals surface area contributed by atoms with Crippen molar-refractivity contribution in [3.05, 3.63) is 42.2 Å². The largest absolute Gasteiger partial charge is 0.323 e. The molecule has 4 heteroatoms. The Kier molecular flexibility index (Phi) is 4.19. The highest BCUT2D eigenvalue weighted by Crippen LogP contribution is 2.27. The van der Waals surface area contributed by atoms with Crippen LogP contribution in [0.3, 0.4) is 0 Å². The van der Waals surface area contributed by atoms with Crippen LogP contribution < -0.4 is 5.73 Å². The van der Waals surface area contributed by atoms with Gasteiger partial charge in [0.2, 0.25) is 0 Å². The van der Waals surface area contributed by atoms with Crippen LogP contribution in [0.1, 0.15) is 18.0 Å². The number of likely N-dealkylation sites (N-methyl/N-ethyl adjacent to an activating group) is 2. The van der Waals surface area contributed by atoms with E-state index in [4.69, 9.17) is 5.73 Å². The minimum atomic E-state index is 0.00319. The van der Waals surface area contributed by atoms with Crippen LogP contribution in [-0.2, 0) is 0 Å². The Hall–Kier alpha value is -1.49. The maximum absolute atomic E-state index is 6.66. The van der Waals surface area contributed by atoms with Crippen LogP contribution in [0.25, 0.3) is 10.8 Å². The summed E-state index contributed by atoms with van der Waals surface area (Å²) in [5, 5.41) is 2.38. The molecule has 2 atom stereocenters. The van der Waals surface area contributed by atoms with Crippen LogP contribution in [0.15, 0.2) is 36.7 Å². The zero-order chi connectivity index (χ0) is 14.8. The fraction of sp³-hybridized carbons (Fsp3) is 0.471. The van der Waals surface area contributed by atoms with Gasteiger partial charge >= 0.3 is 0 Å². The molecule has 112 valence electrons. The normalized spacial score (nSPS) is 23.1. The van der Waals surface area contributed by atoms with E-state index in [0.29, 0.717) is 6.04 Å². The van der Waals surface area contributed by atoms with E-state index in [1.807, 2.05) is 12.4 Å². The second kappa shape index (κ2) is 6.10. The first-order valence-electron chi connectivity index (χ1n) is 7.64. The minimum absolute atomic E-state index is 0.00319. The summed E-state index contributed by atoms with van der Waals surface area (Å²) >= 11 is 0. The van der Waals surface area contributed by atoms with Crippen molar-refractivity contribution in [3.63, 3.8) is 0 Å². The van der Waals surface area contributed by atoms with Gasteiger partial charge < -0.3 is 15.5 Å². The number of pyridine rings is 1. The Morgan fingerprint density at radius 3 is 2.95 bits per heavy atom. The number of fused-ring (bicyclic) bond motifs is 1. The summed E-state index contributed by atoms with van der Waals surface area (Å²) in [6.07, 6.45) is 4.97. The van der Waals surface area contributed by atoms with Crippen LogP contribution in [0.5, 0.6) is 0 Å². The third kappa shape index (κ3) is 2.93. The minimum Gasteiger partial charge on any atom is -0.323 e. The summed E-state index contributed by atoms with van der Waals surface area (Å²) < 4.78 is 0. The molecule has 4 nitrogen and oxygen atoms in total. The van der Waals surface area contributed by atoms with E-state index in [1.165, 1.54) is 22.8 Å². The molecule has 3 rings (SSSR count). The third-order valence-electron chi connectivity index (χ3n) is 4.61. The van der Waals surface area contributed by atoms with Gasteiger partial charge in [-0.05, 0) is 50.6 Å². The van der Waals surface area contributed by atoms with Gasteiger partial charge in [-0.1, -0.05) is 18.2 Å². The van der Waals surface area contributed by atoms with Gasteiger partial charge in [-0.3, -0.25) is 4.98 Å². The molecule has 1 aromatic carbocycles. The average molecular weight is 284 g/mol. The van der Waals surface area contributed by atoms with Crippen molar-refractivity contribution in [2.75, 3.05) is 33.7 Å². The molecule has 1 fully saturated rings. The highest BCUT2D eigenvalue weighted by molar-refractivity contribution is 5.85. The molecule has 1 saturated heterocycles. The number of hydrogen-bond donors (Lipinski definition) is 1. The van der Waals surface area contributed by atoms with Gasteiger partial charge in [-0.15, -0.1) is 0 Å². The number of aromatic nitrogens is 1. The highest BCUT2D eigenvalue weighted by Gasteiger charge is 2.27. The van der Waals surface area contributed by atoms with Gasteiger partial charge in [0.25, 0.3) is 0 Å². The molecule has 1 aliphatic heterocycles. The average Bonchev–Trinajstić information content (AvgIpc) is 2.67. The van der Waals surface area contributed by atoms with E-state index in [-0.39, 0.29) is 6.04 Å². The van der Waals surface area contributed by atoms with Crippen molar-refractivity contribution in [2.24, 2.45) is 5.73 Å². The van der Waals surface area contributed by atoms with E-state index in [0.717, 1.165) is 19.6 Å². The first-order chi connectivity index (χ1) is 10.2. The van der Waals surface area contributed by atoms with E-state index in [9.17, 15) is 0 Å². The summed E-state index contributed by atoms with van der Waals surface area (Å²) in [6, 6.07) is 8.75. The van der Waals surface area contributed by atoms with Crippen molar-refractivity contribution in [1.29, 1.82) is 0 Å². The molecule has 1 aromatic heterocycles. The maximum atomic E-state index is 6.66. The van der Waals surface area contributed by atoms with Crippen LogP contribution >= 0.6 is 0 Å². The van der Waals surface area contributed by atoms with E-state index >= 15 is 0 Å². The van der Waals surface area contributed by atoms with Crippen LogP contribution in [0.2, 0.25) is 0 Å². The molecule has 1 aliphatic rings. The Morgan fingerprint density at radius 1 is 1.24 bits per heavy atom. The van der Waals surface area contributed by atoms with Crippen molar-refractivity contribution in [2.45, 2.75) is 18.5 Å². The standard InChI is InChI=1S/C17H24N4/c1-20-9-4-10-21(2)16(12-20)17(18)14-6-3-5-13-7-8-19-11-15(13)14/h3,5-8,11,16-17H,4,9-10,12,18H2,1-2H3. The number of rotatable bonds is 2. The zero-order valence-electron chi connectivity index (χ0n) is 12.9. The van der Waals surface area contributed by atoms with Crippen molar-refractivity contribution >= 4 is 10.8 Å². The van der Waals surface area contributed by atoms with Crippen LogP contribution in [0, 0.1) is 0 Å². The van der Waals surface area contributed by atoms with Crippen molar-refractivity contribution in [1.82, 2.24) is 14.8 Å². The molecular weight excluding hydrogens is 260 g/mol. The quantitative estimate of drug-likeness (QED) is 0.914. The fourth-order valence-corrected chi connectivity index (χ4v) is 3.33. The first kappa shape index (κ1) is 14.4. The number of nitrogens with two attached hydrogens (primary N) is 1. The number of benzene rings is 1. The lowest BCUT2D eigenvalue weighted by Crippen LogP contribution is -2.45. The predicted molar refractivity (Wildman–Crippen MR) is 87.2 cm³/mol. The van der Waals surface area contributed by atoms with Gasteiger partial charge in [0.15, 0.2) is 0 Å². The molecule has 0 spiro atoms. The Labute approximate surface area is 126 Å². The van der Waals surface area contributed by atoms with E-state index in [1.54, 1.807) is 0 Å². The van der Waals surface area contributed by atoms with Crippen molar-refractivity contribution < 1.29 is 0 Å². The van der Waals surface area contributed by atoms with E-state index in [2.05, 4.69) is 53.1 Å². The van der Waals surface area contributed by atoms with Crippen LogP contribution in [0.4, 0.5) is 0 Å². The lowest BCUT2D eigenvalue weighted by molar-refractivity contribution is 0.197. The zero-order valence-corrected chi connectivity index (χ0v) is 12.9. The summed E-state index contributed by atoms with van der Waals surface area (Å²) in [6.45, 7) is 3.25. The fourth-order valence-electron chi connectivity index (χ4n) is 3.33. The summed E-state index contributed by atoms with van der Waals surface area (Å²) in [5.41, 5.74) is 7.86. The molecule has 2 aromatic rings. The lowest BCUT2D eigenvalue weighted by atomic mass is 9.94. The Balaban J connectivity index is 1.97. The molecule has 21 heavy (non-hydrogen) atoms. The van der Waals surface area contributed by atoms with Gasteiger partial charge in [0.1, 0.15) is 0 Å². The summed E-state index contributed by atoms with van der Waals surface area (Å²) in [7, 11) is 4.37.